The van der Waals surface area contributed by atoms with Crippen LogP contribution in [0.15, 0.2) is 0 Å². The van der Waals surface area contributed by atoms with Crippen molar-refractivity contribution in [1.82, 2.24) is 0 Å². The molecule has 0 radical (unpaired) electrons. The van der Waals surface area contributed by atoms with E-state index in [1.165, 1.54) is 0 Å². The van der Waals surface area contributed by atoms with E-state index >= 15 is 0 Å². The average Bonchev–Trinajstić information content (AvgIpc) is 1.00. The molecule has 0 aliphatic heterocycles. The van der Waals surface area contributed by atoms with Crippen LogP contribution >= 0.6 is 0 Å². The van der Waals surface area contributed by atoms with E-state index in [2.05, 4.69) is 0 Å². The summed E-state index contributed by atoms with van der Waals surface area (Å²) in [5, 5.41) is 0. The number of rotatable bonds is 0. The van der Waals surface area contributed by atoms with Crippen LogP contribution in [0.25, 0.3) is 0 Å². The monoisotopic (exact) mass is 244 g/mol. The summed E-state index contributed by atoms with van der Waals surface area (Å²) in [7, 11) is 0. The van der Waals surface area contributed by atoms with E-state index in [-0.39, 0.29) is 80.5 Å². The molecule has 0 aromatic carbocycles. The molecule has 0 aliphatic rings. The first-order chi connectivity index (χ1) is 1.00. The van der Waals surface area contributed by atoms with Crippen molar-refractivity contribution in [3.8, 4) is 0 Å². The third-order valence-corrected chi connectivity index (χ3v) is 0. The van der Waals surface area contributed by atoms with E-state index in [1.54, 1.807) is 0 Å². The molecule has 0 bridgehead atoms. The van der Waals surface area contributed by atoms with Crippen LogP contribution in [-0.2, 0) is 3.80 Å². The molecule has 0 aliphatic carbocycles. The number of hydrogen-bond acceptors (Lipinski definition) is 1. The molecule has 0 atom stereocenters. The molecule has 4 heteroatoms. The molecule has 0 amide bonds. The van der Waals surface area contributed by atoms with Crippen LogP contribution in [-0.4, -0.2) is 54.0 Å². The van der Waals surface area contributed by atoms with Crippen molar-refractivity contribution in [2.75, 3.05) is 0 Å². The Morgan fingerprint density at radius 2 is 1.50 bits per heavy atom. The predicted octanol–water partition coefficient (Wildman–Crippen LogP) is -0.923. The Balaban J connectivity index is -0.000000000833. The maximum absolute atomic E-state index is 8.28. The molecule has 0 saturated heterocycles. The fourth-order valence-corrected chi connectivity index (χ4v) is 0. The molecule has 0 spiro atoms. The summed E-state index contributed by atoms with van der Waals surface area (Å²) in [5.41, 5.74) is 0. The maximum atomic E-state index is 8.28. The fourth-order valence-electron chi connectivity index (χ4n) is 0. The SMILES string of the molecule is [Ca+2].[Gd].[H-].[H-].[O]=[AlH]. The quantitative estimate of drug-likeness (QED) is 0.503. The first-order valence-electron chi connectivity index (χ1n) is 0.289. The van der Waals surface area contributed by atoms with E-state index in [0.717, 1.165) is 0 Å². The van der Waals surface area contributed by atoms with Gasteiger partial charge in [0.25, 0.3) is 0 Å². The second-order valence-corrected chi connectivity index (χ2v) is 0. The van der Waals surface area contributed by atoms with Gasteiger partial charge >= 0.3 is 57.8 Å². The summed E-state index contributed by atoms with van der Waals surface area (Å²) in [5.74, 6) is 0. The fraction of sp³-hybridized carbons (Fsp3) is 0. The van der Waals surface area contributed by atoms with Gasteiger partial charge in [0.1, 0.15) is 0 Å². The summed E-state index contributed by atoms with van der Waals surface area (Å²) >= 11 is 0.611. The summed E-state index contributed by atoms with van der Waals surface area (Å²) in [4.78, 5) is 0. The second kappa shape index (κ2) is 16.8. The molecule has 0 rings (SSSR count). The van der Waals surface area contributed by atoms with Crippen molar-refractivity contribution < 1.29 is 46.6 Å². The van der Waals surface area contributed by atoms with E-state index < -0.39 is 0 Å². The molecular formula is H3AlCaGdO. The van der Waals surface area contributed by atoms with Crippen LogP contribution in [0.3, 0.4) is 0 Å². The zero-order valence-corrected chi connectivity index (χ0v) is 8.07. The van der Waals surface area contributed by atoms with Crippen molar-refractivity contribution in [2.45, 2.75) is 0 Å². The molecule has 0 unspecified atom stereocenters. The minimum absolute atomic E-state index is 0. The van der Waals surface area contributed by atoms with Gasteiger partial charge in [-0.3, -0.25) is 0 Å². The normalized spacial score (nSPS) is 0.750. The van der Waals surface area contributed by atoms with E-state index in [9.17, 15) is 0 Å². The zero-order valence-electron chi connectivity index (χ0n) is 4.18. The summed E-state index contributed by atoms with van der Waals surface area (Å²) in [6, 6.07) is 0. The Morgan fingerprint density at radius 1 is 1.50 bits per heavy atom. The third kappa shape index (κ3) is 8.87. The Bertz CT molecular complexity index is 13.5. The van der Waals surface area contributed by atoms with Crippen LogP contribution in [0.5, 0.6) is 0 Å². The first kappa shape index (κ1) is 15.8. The molecule has 0 aromatic heterocycles. The molecule has 4 heavy (non-hydrogen) atoms. The Kier molecular flexibility index (Phi) is 66.3. The molecule has 1 nitrogen and oxygen atoms in total. The van der Waals surface area contributed by atoms with Gasteiger partial charge < -0.3 is 2.85 Å². The first-order valence-corrected chi connectivity index (χ1v) is 0.866. The van der Waals surface area contributed by atoms with Crippen molar-refractivity contribution in [2.24, 2.45) is 0 Å². The Labute approximate surface area is 98.2 Å². The van der Waals surface area contributed by atoms with Crippen molar-refractivity contribution in [3.05, 3.63) is 0 Å². The van der Waals surface area contributed by atoms with Crippen LogP contribution in [0.2, 0.25) is 0 Å². The van der Waals surface area contributed by atoms with Crippen LogP contribution in [0.1, 0.15) is 2.85 Å². The minimum atomic E-state index is 0. The predicted molar refractivity (Wildman–Crippen MR) is 15.8 cm³/mol. The van der Waals surface area contributed by atoms with Crippen molar-refractivity contribution >= 4 is 54.0 Å². The summed E-state index contributed by atoms with van der Waals surface area (Å²) < 4.78 is 8.28. The summed E-state index contributed by atoms with van der Waals surface area (Å²) in [6.45, 7) is 0. The molecule has 0 saturated carbocycles. The Hall–Kier alpha value is 2.92. The standard InChI is InChI=1S/Al.Ca.Gd.O.3H/q;+2;;;;2*-1. The summed E-state index contributed by atoms with van der Waals surface area (Å²) in [6.07, 6.45) is 0. The van der Waals surface area contributed by atoms with Gasteiger partial charge in [0.2, 0.25) is 0 Å². The molecule has 0 fully saturated rings. The van der Waals surface area contributed by atoms with Gasteiger partial charge in [-0.25, -0.2) is 0 Å². The van der Waals surface area contributed by atoms with Gasteiger partial charge in [-0.15, -0.1) is 0 Å². The van der Waals surface area contributed by atoms with E-state index in [0.29, 0.717) is 16.2 Å². The van der Waals surface area contributed by atoms with Gasteiger partial charge in [0, 0.05) is 39.9 Å². The van der Waals surface area contributed by atoms with Crippen LogP contribution in [0, 0.1) is 39.9 Å². The Morgan fingerprint density at radius 3 is 1.50 bits per heavy atom. The van der Waals surface area contributed by atoms with E-state index in [1.807, 2.05) is 0 Å². The molecule has 22 valence electrons. The number of hydrogen-bond donors (Lipinski definition) is 0. The van der Waals surface area contributed by atoms with Crippen LogP contribution in [0.4, 0.5) is 0 Å². The molecular weight excluding hydrogens is 240 g/mol. The average molecular weight is 243 g/mol. The van der Waals surface area contributed by atoms with Crippen molar-refractivity contribution in [3.63, 3.8) is 0 Å². The topological polar surface area (TPSA) is 17.1 Å². The van der Waals surface area contributed by atoms with Gasteiger partial charge in [-0.05, 0) is 0 Å². The zero-order chi connectivity index (χ0) is 2.00. The molecule has 0 aromatic rings. The van der Waals surface area contributed by atoms with Gasteiger partial charge in [-0.2, -0.15) is 0 Å². The third-order valence-electron chi connectivity index (χ3n) is 0. The second-order valence-electron chi connectivity index (χ2n) is 0. The van der Waals surface area contributed by atoms with Gasteiger partial charge in [0.15, 0.2) is 0 Å². The van der Waals surface area contributed by atoms with Gasteiger partial charge in [-0.1, -0.05) is 0 Å². The van der Waals surface area contributed by atoms with Gasteiger partial charge in [0.05, 0.1) is 0 Å². The molecule has 0 heterocycles. The van der Waals surface area contributed by atoms with Crippen molar-refractivity contribution in [1.29, 1.82) is 0 Å². The van der Waals surface area contributed by atoms with E-state index in [4.69, 9.17) is 3.80 Å². The molecule has 0 N–H and O–H groups in total. The van der Waals surface area contributed by atoms with Crippen LogP contribution < -0.4 is 0 Å².